The second kappa shape index (κ2) is 7.87. The van der Waals surface area contributed by atoms with Crippen molar-refractivity contribution in [2.75, 3.05) is 30.4 Å². The van der Waals surface area contributed by atoms with E-state index in [0.717, 1.165) is 16.1 Å². The Morgan fingerprint density at radius 3 is 2.44 bits per heavy atom. The third-order valence-corrected chi connectivity index (χ3v) is 5.41. The monoisotopic (exact) mass is 390 g/mol. The summed E-state index contributed by atoms with van der Waals surface area (Å²) in [5, 5.41) is 0. The second-order valence-electron chi connectivity index (χ2n) is 6.20. The van der Waals surface area contributed by atoms with Crippen LogP contribution in [-0.2, 0) is 21.4 Å². The number of hydrogen-bond acceptors (Lipinski definition) is 5. The molecule has 7 nitrogen and oxygen atoms in total. The van der Waals surface area contributed by atoms with Crippen LogP contribution in [0.15, 0.2) is 48.5 Å². The topological polar surface area (TPSA) is 76.2 Å². The van der Waals surface area contributed by atoms with Gasteiger partial charge < -0.3 is 14.4 Å². The van der Waals surface area contributed by atoms with Crippen LogP contribution in [0.1, 0.15) is 12.5 Å². The average molecular weight is 390 g/mol. The van der Waals surface area contributed by atoms with Crippen molar-refractivity contribution < 1.29 is 22.7 Å². The van der Waals surface area contributed by atoms with Gasteiger partial charge in [0.2, 0.25) is 22.7 Å². The number of hydrogen-bond donors (Lipinski definition) is 0. The predicted molar refractivity (Wildman–Crippen MR) is 102 cm³/mol. The fourth-order valence-electron chi connectivity index (χ4n) is 2.84. The van der Waals surface area contributed by atoms with Gasteiger partial charge in [0.25, 0.3) is 0 Å². The Balaban J connectivity index is 1.80. The highest BCUT2D eigenvalue weighted by molar-refractivity contribution is 7.92. The van der Waals surface area contributed by atoms with Crippen molar-refractivity contribution in [3.05, 3.63) is 54.1 Å². The Hall–Kier alpha value is -2.74. The highest BCUT2D eigenvalue weighted by Gasteiger charge is 2.25. The number of rotatable bonds is 7. The zero-order valence-corrected chi connectivity index (χ0v) is 16.1. The van der Waals surface area contributed by atoms with Crippen LogP contribution in [0.4, 0.5) is 5.69 Å². The minimum absolute atomic E-state index is 0.0945. The molecule has 2 aromatic rings. The summed E-state index contributed by atoms with van der Waals surface area (Å²) in [7, 11) is -3.66. The number of nitrogens with zero attached hydrogens (tertiary/aromatic N) is 2. The summed E-state index contributed by atoms with van der Waals surface area (Å²) in [5.41, 5.74) is 1.35. The van der Waals surface area contributed by atoms with Crippen molar-refractivity contribution in [2.24, 2.45) is 0 Å². The molecule has 0 atom stereocenters. The van der Waals surface area contributed by atoms with Gasteiger partial charge in [-0.2, -0.15) is 0 Å². The number of carbonyl (C=O) groups is 1. The van der Waals surface area contributed by atoms with E-state index in [4.69, 9.17) is 9.47 Å². The van der Waals surface area contributed by atoms with Crippen LogP contribution in [0.5, 0.6) is 11.5 Å². The molecule has 0 saturated carbocycles. The molecule has 0 bridgehead atoms. The lowest BCUT2D eigenvalue weighted by Gasteiger charge is -2.27. The van der Waals surface area contributed by atoms with Crippen LogP contribution in [0, 0.1) is 0 Å². The average Bonchev–Trinajstić information content (AvgIpc) is 3.11. The molecule has 0 radical (unpaired) electrons. The lowest BCUT2D eigenvalue weighted by Crippen LogP contribution is -2.42. The standard InChI is InChI=1S/C19H22N2O5S/c1-3-20(12-15-7-5-4-6-8-15)19(22)13-21(27(2,23)24)16-9-10-17-18(11-16)26-14-25-17/h4-11H,3,12-14H2,1-2H3. The fraction of sp³-hybridized carbons (Fsp3) is 0.316. The minimum atomic E-state index is -3.66. The molecule has 3 rings (SSSR count). The summed E-state index contributed by atoms with van der Waals surface area (Å²) in [6.07, 6.45) is 1.08. The van der Waals surface area contributed by atoms with E-state index in [1.165, 1.54) is 0 Å². The van der Waals surface area contributed by atoms with E-state index in [1.54, 1.807) is 23.1 Å². The van der Waals surface area contributed by atoms with Crippen LogP contribution in [-0.4, -0.2) is 45.4 Å². The quantitative estimate of drug-likeness (QED) is 0.725. The highest BCUT2D eigenvalue weighted by Crippen LogP contribution is 2.36. The van der Waals surface area contributed by atoms with Gasteiger partial charge in [-0.05, 0) is 24.6 Å². The van der Waals surface area contributed by atoms with Gasteiger partial charge >= 0.3 is 0 Å². The fourth-order valence-corrected chi connectivity index (χ4v) is 3.68. The van der Waals surface area contributed by atoms with E-state index < -0.39 is 10.0 Å². The van der Waals surface area contributed by atoms with E-state index in [0.29, 0.717) is 30.3 Å². The zero-order chi connectivity index (χ0) is 19.4. The number of anilines is 1. The molecular formula is C19H22N2O5S. The van der Waals surface area contributed by atoms with E-state index in [1.807, 2.05) is 37.3 Å². The maximum atomic E-state index is 12.8. The molecule has 1 amide bonds. The van der Waals surface area contributed by atoms with Crippen molar-refractivity contribution in [2.45, 2.75) is 13.5 Å². The first-order valence-corrected chi connectivity index (χ1v) is 10.4. The largest absolute Gasteiger partial charge is 0.454 e. The molecule has 1 aliphatic heterocycles. The minimum Gasteiger partial charge on any atom is -0.454 e. The lowest BCUT2D eigenvalue weighted by molar-refractivity contribution is -0.129. The molecule has 1 aliphatic rings. The molecule has 8 heteroatoms. The number of amides is 1. The van der Waals surface area contributed by atoms with Crippen LogP contribution in [0.2, 0.25) is 0 Å². The van der Waals surface area contributed by atoms with Gasteiger partial charge in [0, 0.05) is 19.2 Å². The summed E-state index contributed by atoms with van der Waals surface area (Å²) >= 11 is 0. The summed E-state index contributed by atoms with van der Waals surface area (Å²) in [5.74, 6) is 0.743. The highest BCUT2D eigenvalue weighted by atomic mass is 32.2. The first kappa shape index (κ1) is 19.0. The van der Waals surface area contributed by atoms with Gasteiger partial charge in [0.05, 0.1) is 11.9 Å². The Kier molecular flexibility index (Phi) is 5.55. The van der Waals surface area contributed by atoms with Gasteiger partial charge in [-0.15, -0.1) is 0 Å². The maximum Gasteiger partial charge on any atom is 0.243 e. The SMILES string of the molecule is CCN(Cc1ccccc1)C(=O)CN(c1ccc2c(c1)OCO2)S(C)(=O)=O. The third-order valence-electron chi connectivity index (χ3n) is 4.27. The lowest BCUT2D eigenvalue weighted by atomic mass is 10.2. The molecule has 0 saturated heterocycles. The number of fused-ring (bicyclic) bond motifs is 1. The molecule has 0 N–H and O–H groups in total. The zero-order valence-electron chi connectivity index (χ0n) is 15.3. The molecule has 0 unspecified atom stereocenters. The van der Waals surface area contributed by atoms with E-state index in [-0.39, 0.29) is 19.2 Å². The number of carbonyl (C=O) groups excluding carboxylic acids is 1. The Bertz CT molecular complexity index is 915. The molecular weight excluding hydrogens is 368 g/mol. The molecule has 0 spiro atoms. The predicted octanol–water partition coefficient (Wildman–Crippen LogP) is 2.23. The molecule has 0 fully saturated rings. The number of ether oxygens (including phenoxy) is 2. The van der Waals surface area contributed by atoms with Gasteiger partial charge in [-0.1, -0.05) is 30.3 Å². The molecule has 0 aromatic heterocycles. The third kappa shape index (κ3) is 4.51. The molecule has 0 aliphatic carbocycles. The van der Waals surface area contributed by atoms with Crippen LogP contribution in [0.3, 0.4) is 0 Å². The van der Waals surface area contributed by atoms with Crippen molar-refractivity contribution in [3.63, 3.8) is 0 Å². The second-order valence-corrected chi connectivity index (χ2v) is 8.11. The molecule has 144 valence electrons. The van der Waals surface area contributed by atoms with Crippen molar-refractivity contribution >= 4 is 21.6 Å². The van der Waals surface area contributed by atoms with Gasteiger partial charge in [0.1, 0.15) is 6.54 Å². The first-order valence-electron chi connectivity index (χ1n) is 8.57. The smallest absolute Gasteiger partial charge is 0.243 e. The van der Waals surface area contributed by atoms with Gasteiger partial charge in [-0.3, -0.25) is 9.10 Å². The van der Waals surface area contributed by atoms with E-state index in [9.17, 15) is 13.2 Å². The summed E-state index contributed by atoms with van der Waals surface area (Å²) < 4.78 is 36.3. The first-order chi connectivity index (χ1) is 12.9. The van der Waals surface area contributed by atoms with E-state index >= 15 is 0 Å². The van der Waals surface area contributed by atoms with Crippen LogP contribution >= 0.6 is 0 Å². The summed E-state index contributed by atoms with van der Waals surface area (Å²) in [6, 6.07) is 14.4. The maximum absolute atomic E-state index is 12.8. The molecule has 2 aromatic carbocycles. The number of sulfonamides is 1. The van der Waals surface area contributed by atoms with Crippen molar-refractivity contribution in [1.29, 1.82) is 0 Å². The Morgan fingerprint density at radius 2 is 1.78 bits per heavy atom. The normalized spacial score (nSPS) is 12.7. The summed E-state index contributed by atoms with van der Waals surface area (Å²) in [4.78, 5) is 14.4. The Labute approximate surface area is 159 Å². The van der Waals surface area contributed by atoms with E-state index in [2.05, 4.69) is 0 Å². The molecule has 1 heterocycles. The number of likely N-dealkylation sites (N-methyl/N-ethyl adjacent to an activating group) is 1. The van der Waals surface area contributed by atoms with Crippen molar-refractivity contribution in [1.82, 2.24) is 4.90 Å². The number of benzene rings is 2. The van der Waals surface area contributed by atoms with Crippen LogP contribution < -0.4 is 13.8 Å². The van der Waals surface area contributed by atoms with Gasteiger partial charge in [0.15, 0.2) is 11.5 Å². The molecule has 27 heavy (non-hydrogen) atoms. The Morgan fingerprint density at radius 1 is 1.07 bits per heavy atom. The summed E-state index contributed by atoms with van der Waals surface area (Å²) in [6.45, 7) is 2.59. The van der Waals surface area contributed by atoms with Crippen LogP contribution in [0.25, 0.3) is 0 Å². The van der Waals surface area contributed by atoms with Gasteiger partial charge in [-0.25, -0.2) is 8.42 Å². The van der Waals surface area contributed by atoms with Crippen molar-refractivity contribution in [3.8, 4) is 11.5 Å².